The highest BCUT2D eigenvalue weighted by Gasteiger charge is 2.21. The summed E-state index contributed by atoms with van der Waals surface area (Å²) in [6, 6.07) is 14.8. The Morgan fingerprint density at radius 3 is 2.11 bits per heavy atom. The first-order chi connectivity index (χ1) is 12.8. The molecule has 4 nitrogen and oxygen atoms in total. The molecule has 5 heteroatoms. The second kappa shape index (κ2) is 7.99. The van der Waals surface area contributed by atoms with E-state index < -0.39 is 0 Å². The number of amides is 1. The van der Waals surface area contributed by atoms with Gasteiger partial charge in [-0.3, -0.25) is 4.79 Å². The lowest BCUT2D eigenvalue weighted by atomic mass is 9.87. The highest BCUT2D eigenvalue weighted by atomic mass is 19.1. The topological polar surface area (TPSA) is 35.6 Å². The molecule has 2 aromatic rings. The van der Waals surface area contributed by atoms with Crippen LogP contribution in [0.1, 0.15) is 26.3 Å². The molecule has 0 unspecified atom stereocenters. The van der Waals surface area contributed by atoms with E-state index in [1.54, 1.807) is 12.1 Å². The van der Waals surface area contributed by atoms with Crippen LogP contribution in [-0.4, -0.2) is 43.5 Å². The molecule has 0 aromatic heterocycles. The van der Waals surface area contributed by atoms with Gasteiger partial charge in [0.25, 0.3) is 0 Å². The third-order valence-corrected chi connectivity index (χ3v) is 5.02. The normalized spacial score (nSPS) is 15.0. The number of carbonyl (C=O) groups excluding carboxylic acids is 1. The molecule has 2 aromatic carbocycles. The number of nitrogens with one attached hydrogen (secondary N) is 1. The van der Waals surface area contributed by atoms with Crippen molar-refractivity contribution in [2.75, 3.05) is 42.9 Å². The number of benzene rings is 2. The Morgan fingerprint density at radius 2 is 1.56 bits per heavy atom. The first-order valence-electron chi connectivity index (χ1n) is 9.46. The number of hydrogen-bond acceptors (Lipinski definition) is 3. The Kier molecular flexibility index (Phi) is 5.68. The summed E-state index contributed by atoms with van der Waals surface area (Å²) < 4.78 is 13.0. The largest absolute Gasteiger partial charge is 0.376 e. The smallest absolute Gasteiger partial charge is 0.241 e. The first-order valence-corrected chi connectivity index (χ1v) is 9.46. The lowest BCUT2D eigenvalue weighted by Gasteiger charge is -2.36. The van der Waals surface area contributed by atoms with Gasteiger partial charge in [-0.2, -0.15) is 0 Å². The summed E-state index contributed by atoms with van der Waals surface area (Å²) in [7, 11) is 0. The van der Waals surface area contributed by atoms with Gasteiger partial charge in [-0.1, -0.05) is 32.9 Å². The molecule has 1 aliphatic rings. The summed E-state index contributed by atoms with van der Waals surface area (Å²) >= 11 is 0. The van der Waals surface area contributed by atoms with E-state index in [9.17, 15) is 9.18 Å². The molecule has 3 rings (SSSR count). The van der Waals surface area contributed by atoms with E-state index in [-0.39, 0.29) is 17.1 Å². The molecule has 0 aliphatic carbocycles. The zero-order valence-corrected chi connectivity index (χ0v) is 16.3. The molecule has 144 valence electrons. The van der Waals surface area contributed by atoms with Crippen LogP contribution in [0.25, 0.3) is 0 Å². The summed E-state index contributed by atoms with van der Waals surface area (Å²) in [5, 5.41) is 3.22. The maximum Gasteiger partial charge on any atom is 0.241 e. The van der Waals surface area contributed by atoms with Crippen LogP contribution < -0.4 is 10.2 Å². The highest BCUT2D eigenvalue weighted by molar-refractivity contribution is 5.81. The molecule has 1 fully saturated rings. The van der Waals surface area contributed by atoms with Crippen LogP contribution in [0.4, 0.5) is 15.8 Å². The van der Waals surface area contributed by atoms with Gasteiger partial charge < -0.3 is 15.1 Å². The van der Waals surface area contributed by atoms with Gasteiger partial charge in [0.15, 0.2) is 0 Å². The van der Waals surface area contributed by atoms with E-state index in [2.05, 4.69) is 43.1 Å². The molecule has 0 radical (unpaired) electrons. The predicted molar refractivity (Wildman–Crippen MR) is 109 cm³/mol. The van der Waals surface area contributed by atoms with Crippen LogP contribution >= 0.6 is 0 Å². The SMILES string of the molecule is CC(C)(C)c1ccc(NCC(=O)N2CCN(c3ccc(F)cc3)CC2)cc1. The highest BCUT2D eigenvalue weighted by Crippen LogP contribution is 2.23. The van der Waals surface area contributed by atoms with Gasteiger partial charge >= 0.3 is 0 Å². The molecule has 0 spiro atoms. The summed E-state index contributed by atoms with van der Waals surface area (Å²) in [6.07, 6.45) is 0. The van der Waals surface area contributed by atoms with Gasteiger partial charge in [0.05, 0.1) is 6.54 Å². The van der Waals surface area contributed by atoms with Gasteiger partial charge in [0, 0.05) is 37.6 Å². The Hall–Kier alpha value is -2.56. The quantitative estimate of drug-likeness (QED) is 0.888. The zero-order chi connectivity index (χ0) is 19.4. The van der Waals surface area contributed by atoms with Crippen LogP contribution in [0, 0.1) is 5.82 Å². The average molecular weight is 369 g/mol. The maximum absolute atomic E-state index is 13.0. The number of carbonyl (C=O) groups is 1. The van der Waals surface area contributed by atoms with Crippen molar-refractivity contribution in [3.63, 3.8) is 0 Å². The molecular formula is C22H28FN3O. The lowest BCUT2D eigenvalue weighted by Crippen LogP contribution is -2.50. The minimum absolute atomic E-state index is 0.105. The fourth-order valence-electron chi connectivity index (χ4n) is 3.24. The first kappa shape index (κ1) is 19.2. The fourth-order valence-corrected chi connectivity index (χ4v) is 3.24. The van der Waals surface area contributed by atoms with E-state index in [1.807, 2.05) is 17.0 Å². The average Bonchev–Trinajstić information content (AvgIpc) is 2.66. The van der Waals surface area contributed by atoms with Crippen LogP contribution in [-0.2, 0) is 10.2 Å². The zero-order valence-electron chi connectivity index (χ0n) is 16.3. The van der Waals surface area contributed by atoms with Crippen molar-refractivity contribution in [3.8, 4) is 0 Å². The van der Waals surface area contributed by atoms with Crippen LogP contribution in [0.2, 0.25) is 0 Å². The molecule has 1 amide bonds. The standard InChI is InChI=1S/C22H28FN3O/c1-22(2,3)17-4-8-19(9-5-17)24-16-21(27)26-14-12-25(13-15-26)20-10-6-18(23)7-11-20/h4-11,24H,12-16H2,1-3H3. The van der Waals surface area contributed by atoms with Gasteiger partial charge in [-0.25, -0.2) is 4.39 Å². The second-order valence-corrected chi connectivity index (χ2v) is 8.03. The van der Waals surface area contributed by atoms with E-state index in [4.69, 9.17) is 0 Å². The Bertz CT molecular complexity index is 758. The molecule has 1 aliphatic heterocycles. The summed E-state index contributed by atoms with van der Waals surface area (Å²) in [5.74, 6) is -0.122. The van der Waals surface area contributed by atoms with Crippen LogP contribution in [0.15, 0.2) is 48.5 Å². The van der Waals surface area contributed by atoms with E-state index in [0.717, 1.165) is 24.5 Å². The minimum atomic E-state index is -0.228. The Morgan fingerprint density at radius 1 is 0.963 bits per heavy atom. The number of rotatable bonds is 4. The summed E-state index contributed by atoms with van der Waals surface area (Å²) in [4.78, 5) is 16.5. The van der Waals surface area contributed by atoms with E-state index in [0.29, 0.717) is 19.6 Å². The van der Waals surface area contributed by atoms with Gasteiger partial charge in [0.1, 0.15) is 5.82 Å². The molecule has 0 atom stereocenters. The molecule has 1 N–H and O–H groups in total. The Balaban J connectivity index is 1.47. The number of anilines is 2. The number of piperazine rings is 1. The molecular weight excluding hydrogens is 341 g/mol. The molecule has 1 heterocycles. The van der Waals surface area contributed by atoms with Gasteiger partial charge in [-0.15, -0.1) is 0 Å². The molecule has 1 saturated heterocycles. The van der Waals surface area contributed by atoms with Crippen molar-refractivity contribution in [2.45, 2.75) is 26.2 Å². The van der Waals surface area contributed by atoms with Crippen LogP contribution in [0.3, 0.4) is 0 Å². The van der Waals surface area contributed by atoms with Crippen molar-refractivity contribution < 1.29 is 9.18 Å². The third kappa shape index (κ3) is 5.00. The number of halogens is 1. The fraction of sp³-hybridized carbons (Fsp3) is 0.409. The summed E-state index contributed by atoms with van der Waals surface area (Å²) in [5.41, 5.74) is 3.36. The monoisotopic (exact) mass is 369 g/mol. The lowest BCUT2D eigenvalue weighted by molar-refractivity contribution is -0.129. The third-order valence-electron chi connectivity index (χ3n) is 5.02. The van der Waals surface area contributed by atoms with Crippen molar-refractivity contribution in [1.29, 1.82) is 0 Å². The minimum Gasteiger partial charge on any atom is -0.376 e. The van der Waals surface area contributed by atoms with E-state index >= 15 is 0 Å². The van der Waals surface area contributed by atoms with Crippen molar-refractivity contribution >= 4 is 17.3 Å². The maximum atomic E-state index is 13.0. The molecule has 27 heavy (non-hydrogen) atoms. The predicted octanol–water partition coefficient (Wildman–Crippen LogP) is 3.88. The second-order valence-electron chi connectivity index (χ2n) is 8.03. The summed E-state index contributed by atoms with van der Waals surface area (Å²) in [6.45, 7) is 9.74. The van der Waals surface area contributed by atoms with E-state index in [1.165, 1.54) is 17.7 Å². The van der Waals surface area contributed by atoms with Crippen molar-refractivity contribution in [2.24, 2.45) is 0 Å². The van der Waals surface area contributed by atoms with Crippen molar-refractivity contribution in [1.82, 2.24) is 4.90 Å². The van der Waals surface area contributed by atoms with Gasteiger partial charge in [0.2, 0.25) is 5.91 Å². The Labute approximate surface area is 161 Å². The molecule has 0 bridgehead atoms. The number of nitrogens with zero attached hydrogens (tertiary/aromatic N) is 2. The van der Waals surface area contributed by atoms with Crippen molar-refractivity contribution in [3.05, 3.63) is 59.9 Å². The van der Waals surface area contributed by atoms with Crippen LogP contribution in [0.5, 0.6) is 0 Å². The van der Waals surface area contributed by atoms with Gasteiger partial charge in [-0.05, 0) is 47.4 Å². The number of hydrogen-bond donors (Lipinski definition) is 1. The molecule has 0 saturated carbocycles.